The third-order valence-corrected chi connectivity index (χ3v) is 1.96. The van der Waals surface area contributed by atoms with Crippen molar-refractivity contribution in [3.8, 4) is 0 Å². The SMILES string of the molecule is Cc1nccn1CCCCC(=O)O. The number of imidazole rings is 1. The smallest absolute Gasteiger partial charge is 0.303 e. The van der Waals surface area contributed by atoms with E-state index in [0.29, 0.717) is 0 Å². The van der Waals surface area contributed by atoms with Crippen LogP contribution >= 0.6 is 0 Å². The van der Waals surface area contributed by atoms with Crippen molar-refractivity contribution in [3.05, 3.63) is 18.2 Å². The molecule has 0 unspecified atom stereocenters. The molecule has 0 amide bonds. The number of aliphatic carboxylic acids is 1. The number of nitrogens with zero attached hydrogens (tertiary/aromatic N) is 2. The van der Waals surface area contributed by atoms with Gasteiger partial charge in [0.15, 0.2) is 0 Å². The van der Waals surface area contributed by atoms with Gasteiger partial charge in [-0.1, -0.05) is 0 Å². The molecule has 0 aliphatic rings. The van der Waals surface area contributed by atoms with E-state index in [4.69, 9.17) is 5.11 Å². The van der Waals surface area contributed by atoms with E-state index in [1.807, 2.05) is 17.7 Å². The fourth-order valence-electron chi connectivity index (χ4n) is 1.20. The topological polar surface area (TPSA) is 55.1 Å². The van der Waals surface area contributed by atoms with E-state index < -0.39 is 5.97 Å². The Kier molecular flexibility index (Phi) is 3.49. The largest absolute Gasteiger partial charge is 0.481 e. The lowest BCUT2D eigenvalue weighted by Crippen LogP contribution is -2.01. The Hall–Kier alpha value is -1.32. The molecule has 0 aliphatic heterocycles. The Balaban J connectivity index is 2.20. The summed E-state index contributed by atoms with van der Waals surface area (Å²) in [6.45, 7) is 2.80. The van der Waals surface area contributed by atoms with Crippen molar-refractivity contribution in [1.29, 1.82) is 0 Å². The van der Waals surface area contributed by atoms with Crippen LogP contribution in [0.4, 0.5) is 0 Å². The fraction of sp³-hybridized carbons (Fsp3) is 0.556. The zero-order valence-corrected chi connectivity index (χ0v) is 7.73. The first-order valence-corrected chi connectivity index (χ1v) is 4.39. The zero-order valence-electron chi connectivity index (χ0n) is 7.73. The van der Waals surface area contributed by atoms with Crippen molar-refractivity contribution in [2.75, 3.05) is 0 Å². The number of hydrogen-bond donors (Lipinski definition) is 1. The van der Waals surface area contributed by atoms with E-state index in [1.165, 1.54) is 0 Å². The maximum absolute atomic E-state index is 10.2. The first-order chi connectivity index (χ1) is 6.20. The molecule has 0 radical (unpaired) electrons. The Morgan fingerprint density at radius 2 is 2.38 bits per heavy atom. The molecular weight excluding hydrogens is 168 g/mol. The van der Waals surface area contributed by atoms with E-state index in [9.17, 15) is 4.79 Å². The Bertz CT molecular complexity index is 281. The minimum Gasteiger partial charge on any atom is -0.481 e. The molecule has 4 nitrogen and oxygen atoms in total. The maximum Gasteiger partial charge on any atom is 0.303 e. The quantitative estimate of drug-likeness (QED) is 0.701. The van der Waals surface area contributed by atoms with E-state index >= 15 is 0 Å². The maximum atomic E-state index is 10.2. The van der Waals surface area contributed by atoms with Gasteiger partial charge in [0.05, 0.1) is 0 Å². The summed E-state index contributed by atoms with van der Waals surface area (Å²) >= 11 is 0. The molecule has 1 aromatic heterocycles. The highest BCUT2D eigenvalue weighted by molar-refractivity contribution is 5.66. The third-order valence-electron chi connectivity index (χ3n) is 1.96. The summed E-state index contributed by atoms with van der Waals surface area (Å²) in [4.78, 5) is 14.3. The minimum atomic E-state index is -0.720. The third kappa shape index (κ3) is 3.27. The Labute approximate surface area is 77.2 Å². The van der Waals surface area contributed by atoms with Crippen molar-refractivity contribution < 1.29 is 9.90 Å². The molecule has 0 saturated carbocycles. The second kappa shape index (κ2) is 4.64. The number of aryl methyl sites for hydroxylation is 2. The van der Waals surface area contributed by atoms with Gasteiger partial charge >= 0.3 is 5.97 Å². The molecule has 0 bridgehead atoms. The Morgan fingerprint density at radius 3 is 2.92 bits per heavy atom. The van der Waals surface area contributed by atoms with Crippen LogP contribution < -0.4 is 0 Å². The van der Waals surface area contributed by atoms with Gasteiger partial charge in [0.1, 0.15) is 5.82 Å². The first-order valence-electron chi connectivity index (χ1n) is 4.39. The second-order valence-corrected chi connectivity index (χ2v) is 3.02. The molecule has 1 aromatic rings. The van der Waals surface area contributed by atoms with E-state index in [2.05, 4.69) is 4.98 Å². The van der Waals surface area contributed by atoms with Gasteiger partial charge in [0.25, 0.3) is 0 Å². The molecular formula is C9H14N2O2. The van der Waals surface area contributed by atoms with Gasteiger partial charge in [0, 0.05) is 25.4 Å². The van der Waals surface area contributed by atoms with Crippen molar-refractivity contribution in [1.82, 2.24) is 9.55 Å². The van der Waals surface area contributed by atoms with Gasteiger partial charge in [-0.15, -0.1) is 0 Å². The standard InChI is InChI=1S/C9H14N2O2/c1-8-10-5-7-11(8)6-3-2-4-9(12)13/h5,7H,2-4,6H2,1H3,(H,12,13). The molecule has 4 heteroatoms. The lowest BCUT2D eigenvalue weighted by molar-refractivity contribution is -0.137. The molecule has 72 valence electrons. The molecule has 0 fully saturated rings. The van der Waals surface area contributed by atoms with Crippen molar-refractivity contribution >= 4 is 5.97 Å². The van der Waals surface area contributed by atoms with Crippen LogP contribution in [0.2, 0.25) is 0 Å². The monoisotopic (exact) mass is 182 g/mol. The normalized spacial score (nSPS) is 10.2. The summed E-state index contributed by atoms with van der Waals surface area (Å²) in [6.07, 6.45) is 5.55. The summed E-state index contributed by atoms with van der Waals surface area (Å²) in [5.41, 5.74) is 0. The van der Waals surface area contributed by atoms with Gasteiger partial charge in [-0.3, -0.25) is 4.79 Å². The number of hydrogen-bond acceptors (Lipinski definition) is 2. The number of aromatic nitrogens is 2. The van der Waals surface area contributed by atoms with Crippen LogP contribution in [0.3, 0.4) is 0 Å². The fourth-order valence-corrected chi connectivity index (χ4v) is 1.20. The predicted octanol–water partition coefficient (Wildman–Crippen LogP) is 1.45. The number of carboxylic acid groups (broad SMARTS) is 1. The molecule has 0 aliphatic carbocycles. The van der Waals surface area contributed by atoms with Crippen LogP contribution in [0.1, 0.15) is 25.1 Å². The summed E-state index contributed by atoms with van der Waals surface area (Å²) < 4.78 is 2.03. The molecule has 1 rings (SSSR count). The highest BCUT2D eigenvalue weighted by atomic mass is 16.4. The van der Waals surface area contributed by atoms with Gasteiger partial charge in [-0.2, -0.15) is 0 Å². The average molecular weight is 182 g/mol. The number of carboxylic acids is 1. The van der Waals surface area contributed by atoms with Crippen molar-refractivity contribution in [2.24, 2.45) is 0 Å². The minimum absolute atomic E-state index is 0.258. The summed E-state index contributed by atoms with van der Waals surface area (Å²) in [5, 5.41) is 8.41. The van der Waals surface area contributed by atoms with E-state index in [0.717, 1.165) is 25.2 Å². The lowest BCUT2D eigenvalue weighted by atomic mass is 10.2. The highest BCUT2D eigenvalue weighted by Gasteiger charge is 1.98. The predicted molar refractivity (Wildman–Crippen MR) is 48.5 cm³/mol. The van der Waals surface area contributed by atoms with E-state index in [-0.39, 0.29) is 6.42 Å². The van der Waals surface area contributed by atoms with Gasteiger partial charge in [-0.05, 0) is 19.8 Å². The van der Waals surface area contributed by atoms with E-state index in [1.54, 1.807) is 6.20 Å². The van der Waals surface area contributed by atoms with Crippen molar-refractivity contribution in [3.63, 3.8) is 0 Å². The molecule has 0 aromatic carbocycles. The Morgan fingerprint density at radius 1 is 1.62 bits per heavy atom. The van der Waals surface area contributed by atoms with Crippen molar-refractivity contribution in [2.45, 2.75) is 32.7 Å². The summed E-state index contributed by atoms with van der Waals surface area (Å²) in [6, 6.07) is 0. The highest BCUT2D eigenvalue weighted by Crippen LogP contribution is 2.01. The van der Waals surface area contributed by atoms with Crippen LogP contribution in [0.25, 0.3) is 0 Å². The molecule has 0 spiro atoms. The van der Waals surface area contributed by atoms with Gasteiger partial charge in [-0.25, -0.2) is 4.98 Å². The second-order valence-electron chi connectivity index (χ2n) is 3.02. The first kappa shape index (κ1) is 9.77. The molecule has 13 heavy (non-hydrogen) atoms. The lowest BCUT2D eigenvalue weighted by Gasteiger charge is -2.02. The van der Waals surface area contributed by atoms with Crippen LogP contribution in [-0.4, -0.2) is 20.6 Å². The van der Waals surface area contributed by atoms with Crippen LogP contribution in [0.15, 0.2) is 12.4 Å². The van der Waals surface area contributed by atoms with Crippen LogP contribution in [0, 0.1) is 6.92 Å². The van der Waals surface area contributed by atoms with Gasteiger partial charge < -0.3 is 9.67 Å². The number of carbonyl (C=O) groups is 1. The average Bonchev–Trinajstić information content (AvgIpc) is 2.45. The molecule has 0 saturated heterocycles. The summed E-state index contributed by atoms with van der Waals surface area (Å²) in [5.74, 6) is 0.262. The number of rotatable bonds is 5. The zero-order chi connectivity index (χ0) is 9.68. The van der Waals surface area contributed by atoms with Gasteiger partial charge in [0.2, 0.25) is 0 Å². The molecule has 1 heterocycles. The summed E-state index contributed by atoms with van der Waals surface area (Å²) in [7, 11) is 0. The molecule has 1 N–H and O–H groups in total. The van der Waals surface area contributed by atoms with Crippen LogP contribution in [-0.2, 0) is 11.3 Å². The molecule has 0 atom stereocenters. The van der Waals surface area contributed by atoms with Crippen LogP contribution in [0.5, 0.6) is 0 Å². The number of unbranched alkanes of at least 4 members (excludes halogenated alkanes) is 1.